The summed E-state index contributed by atoms with van der Waals surface area (Å²) in [6, 6.07) is 10.7. The number of hydrogen-bond donors (Lipinski definition) is 1. The predicted octanol–water partition coefficient (Wildman–Crippen LogP) is 5.43. The van der Waals surface area contributed by atoms with Crippen molar-refractivity contribution in [2.75, 3.05) is 24.0 Å². The highest BCUT2D eigenvalue weighted by molar-refractivity contribution is 6.01. The van der Waals surface area contributed by atoms with Crippen molar-refractivity contribution < 1.29 is 18.3 Å². The van der Waals surface area contributed by atoms with Crippen LogP contribution in [0.4, 0.5) is 25.8 Å². The summed E-state index contributed by atoms with van der Waals surface area (Å²) in [5, 5.41) is 8.68. The number of rotatable bonds is 4. The summed E-state index contributed by atoms with van der Waals surface area (Å²) < 4.78 is 41.5. The first-order chi connectivity index (χ1) is 17.5. The first-order valence-electron chi connectivity index (χ1n) is 11.0. The molecule has 8 nitrogen and oxygen atoms in total. The molecule has 0 bridgehead atoms. The van der Waals surface area contributed by atoms with Crippen LogP contribution in [0.3, 0.4) is 0 Å². The summed E-state index contributed by atoms with van der Waals surface area (Å²) in [4.78, 5) is 12.3. The number of pyridine rings is 2. The summed E-state index contributed by atoms with van der Waals surface area (Å²) in [6.07, 6.45) is 5.03. The van der Waals surface area contributed by atoms with Crippen LogP contribution in [0, 0.1) is 11.6 Å². The molecule has 0 aliphatic carbocycles. The molecule has 3 aromatic heterocycles. The molecule has 5 aromatic rings. The Morgan fingerprint density at radius 1 is 0.972 bits per heavy atom. The third-order valence-electron chi connectivity index (χ3n) is 6.32. The number of nitrogens with one attached hydrogen (secondary N) is 1. The average molecular weight is 486 g/mol. The number of aromatic amines is 1. The van der Waals surface area contributed by atoms with Crippen molar-refractivity contribution in [2.24, 2.45) is 0 Å². The largest absolute Gasteiger partial charge is 0.493 e. The molecular weight excluding hydrogens is 466 g/mol. The molecular formula is C26H20F2N6O2. The van der Waals surface area contributed by atoms with Crippen molar-refractivity contribution in [3.05, 3.63) is 84.6 Å². The molecule has 10 heteroatoms. The van der Waals surface area contributed by atoms with Crippen molar-refractivity contribution in [1.82, 2.24) is 20.2 Å². The molecule has 4 heterocycles. The Bertz CT molecular complexity index is 1630. The number of para-hydroxylation sites is 1. The minimum atomic E-state index is -0.867. The quantitative estimate of drug-likeness (QED) is 0.363. The van der Waals surface area contributed by atoms with E-state index >= 15 is 8.78 Å². The third-order valence-corrected chi connectivity index (χ3v) is 6.32. The summed E-state index contributed by atoms with van der Waals surface area (Å²) in [6.45, 7) is 4.38. The van der Waals surface area contributed by atoms with Crippen molar-refractivity contribution in [2.45, 2.75) is 6.54 Å². The molecule has 36 heavy (non-hydrogen) atoms. The van der Waals surface area contributed by atoms with E-state index in [2.05, 4.69) is 26.7 Å². The van der Waals surface area contributed by atoms with Crippen LogP contribution in [-0.2, 0) is 6.54 Å². The van der Waals surface area contributed by atoms with Gasteiger partial charge in [-0.3, -0.25) is 15.0 Å². The molecule has 0 saturated carbocycles. The topological polar surface area (TPSA) is 79.4 Å². The summed E-state index contributed by atoms with van der Waals surface area (Å²) in [7, 11) is 2.63. The lowest BCUT2D eigenvalue weighted by molar-refractivity contribution is 0.358. The number of anilines is 3. The summed E-state index contributed by atoms with van der Waals surface area (Å²) in [5.41, 5.74) is 3.09. The van der Waals surface area contributed by atoms with Crippen LogP contribution in [0.25, 0.3) is 21.9 Å². The molecule has 0 fully saturated rings. The van der Waals surface area contributed by atoms with Gasteiger partial charge in [-0.25, -0.2) is 13.8 Å². The van der Waals surface area contributed by atoms with Gasteiger partial charge in [-0.1, -0.05) is 24.8 Å². The van der Waals surface area contributed by atoms with Crippen LogP contribution >= 0.6 is 0 Å². The zero-order chi connectivity index (χ0) is 25.0. The first-order valence-corrected chi connectivity index (χ1v) is 11.0. The molecule has 0 unspecified atom stereocenters. The summed E-state index contributed by atoms with van der Waals surface area (Å²) in [5.74, 6) is -1.72. The van der Waals surface area contributed by atoms with Crippen LogP contribution in [0.15, 0.2) is 67.4 Å². The average Bonchev–Trinajstić information content (AvgIpc) is 3.38. The van der Waals surface area contributed by atoms with Gasteiger partial charge in [0.15, 0.2) is 28.8 Å². The van der Waals surface area contributed by atoms with Gasteiger partial charge in [0.25, 0.3) is 0 Å². The minimum absolute atomic E-state index is 0.0984. The maximum absolute atomic E-state index is 15.6. The van der Waals surface area contributed by atoms with Gasteiger partial charge in [0.2, 0.25) is 0 Å². The van der Waals surface area contributed by atoms with Crippen LogP contribution in [0.2, 0.25) is 0 Å². The second kappa shape index (κ2) is 8.19. The van der Waals surface area contributed by atoms with E-state index in [1.807, 2.05) is 35.2 Å². The van der Waals surface area contributed by atoms with E-state index in [1.165, 1.54) is 25.2 Å². The van der Waals surface area contributed by atoms with E-state index in [1.54, 1.807) is 18.6 Å². The monoisotopic (exact) mass is 486 g/mol. The van der Waals surface area contributed by atoms with Crippen LogP contribution in [0.5, 0.6) is 11.5 Å². The molecule has 1 aliphatic heterocycles. The second-order valence-corrected chi connectivity index (χ2v) is 8.21. The standard InChI is InChI=1S/C26H20F2N6O2/c1-14-33(25-21(27)19(35-2)10-20(36-3)22(25)28)13-16-11-30-26-17(12-31-32-26)24(16)34(14)18-8-4-6-15-7-5-9-29-23(15)18/h4-12H,1,13H2,2-3H3,(H,30,31,32). The van der Waals surface area contributed by atoms with Gasteiger partial charge in [-0.05, 0) is 12.1 Å². The number of fused-ring (bicyclic) bond motifs is 4. The van der Waals surface area contributed by atoms with E-state index in [4.69, 9.17) is 9.47 Å². The van der Waals surface area contributed by atoms with Gasteiger partial charge >= 0.3 is 0 Å². The molecule has 0 atom stereocenters. The molecule has 2 aromatic carbocycles. The van der Waals surface area contributed by atoms with Crippen molar-refractivity contribution >= 4 is 39.0 Å². The smallest absolute Gasteiger partial charge is 0.191 e. The Balaban J connectivity index is 1.65. The highest BCUT2D eigenvalue weighted by atomic mass is 19.1. The van der Waals surface area contributed by atoms with Gasteiger partial charge in [-0.2, -0.15) is 5.10 Å². The van der Waals surface area contributed by atoms with Crippen molar-refractivity contribution in [3.8, 4) is 11.5 Å². The third kappa shape index (κ3) is 3.07. The molecule has 1 N–H and O–H groups in total. The molecule has 1 aliphatic rings. The van der Waals surface area contributed by atoms with Gasteiger partial charge in [0.1, 0.15) is 11.5 Å². The summed E-state index contributed by atoms with van der Waals surface area (Å²) >= 11 is 0. The number of ether oxygens (including phenoxy) is 2. The SMILES string of the molecule is C=C1N(c2c(F)c(OC)cc(OC)c2F)Cc2cnc3[nH]ncc3c2N1c1cccc2cccnc12. The molecule has 6 rings (SSSR count). The minimum Gasteiger partial charge on any atom is -0.493 e. The van der Waals surface area contributed by atoms with Gasteiger partial charge in [0.05, 0.1) is 49.2 Å². The van der Waals surface area contributed by atoms with Gasteiger partial charge < -0.3 is 14.4 Å². The fraction of sp³-hybridized carbons (Fsp3) is 0.115. The van der Waals surface area contributed by atoms with Gasteiger partial charge in [0, 0.05) is 29.4 Å². The number of halogens is 2. The molecule has 0 spiro atoms. The van der Waals surface area contributed by atoms with Crippen molar-refractivity contribution in [1.29, 1.82) is 0 Å². The Labute approximate surface area is 204 Å². The molecule has 0 amide bonds. The lowest BCUT2D eigenvalue weighted by Crippen LogP contribution is -2.38. The zero-order valence-corrected chi connectivity index (χ0v) is 19.4. The van der Waals surface area contributed by atoms with E-state index in [0.717, 1.165) is 16.5 Å². The molecule has 0 radical (unpaired) electrons. The number of H-pyrrole nitrogens is 1. The fourth-order valence-electron chi connectivity index (χ4n) is 4.66. The van der Waals surface area contributed by atoms with Crippen LogP contribution < -0.4 is 19.3 Å². The Morgan fingerprint density at radius 2 is 1.72 bits per heavy atom. The van der Waals surface area contributed by atoms with E-state index in [-0.39, 0.29) is 23.7 Å². The Morgan fingerprint density at radius 3 is 2.47 bits per heavy atom. The second-order valence-electron chi connectivity index (χ2n) is 8.21. The number of benzene rings is 2. The molecule has 0 saturated heterocycles. The molecule has 180 valence electrons. The van der Waals surface area contributed by atoms with Gasteiger partial charge in [-0.15, -0.1) is 0 Å². The normalized spacial score (nSPS) is 13.4. The van der Waals surface area contributed by atoms with E-state index in [0.29, 0.717) is 28.2 Å². The highest BCUT2D eigenvalue weighted by Crippen LogP contribution is 2.47. The van der Waals surface area contributed by atoms with Crippen molar-refractivity contribution in [3.63, 3.8) is 0 Å². The number of hydrogen-bond acceptors (Lipinski definition) is 7. The highest BCUT2D eigenvalue weighted by Gasteiger charge is 2.35. The maximum Gasteiger partial charge on any atom is 0.191 e. The fourth-order valence-corrected chi connectivity index (χ4v) is 4.66. The lowest BCUT2D eigenvalue weighted by atomic mass is 10.0. The predicted molar refractivity (Wildman–Crippen MR) is 133 cm³/mol. The Hall–Kier alpha value is -4.73. The van der Waals surface area contributed by atoms with Crippen LogP contribution in [0.1, 0.15) is 5.56 Å². The maximum atomic E-state index is 15.6. The Kier molecular flexibility index (Phi) is 4.96. The number of aromatic nitrogens is 4. The first kappa shape index (κ1) is 21.8. The van der Waals surface area contributed by atoms with E-state index < -0.39 is 11.6 Å². The van der Waals surface area contributed by atoms with Crippen LogP contribution in [-0.4, -0.2) is 34.4 Å². The number of methoxy groups -OCH3 is 2. The number of nitrogens with zero attached hydrogens (tertiary/aromatic N) is 5. The zero-order valence-electron chi connectivity index (χ0n) is 19.4. The van der Waals surface area contributed by atoms with E-state index in [9.17, 15) is 0 Å². The lowest BCUT2D eigenvalue weighted by Gasteiger charge is -2.41.